The average Bonchev–Trinajstić information content (AvgIpc) is 2.64. The molecule has 0 amide bonds. The molecule has 0 aromatic heterocycles. The first-order valence-corrected chi connectivity index (χ1v) is 6.47. The smallest absolute Gasteiger partial charge is 0.0978 e. The first kappa shape index (κ1) is 12.8. The molecule has 2 fully saturated rings. The van der Waals surface area contributed by atoms with E-state index in [0.29, 0.717) is 12.0 Å². The van der Waals surface area contributed by atoms with Crippen LogP contribution in [0, 0.1) is 11.3 Å². The van der Waals surface area contributed by atoms with Crippen molar-refractivity contribution in [2.24, 2.45) is 11.3 Å². The lowest BCUT2D eigenvalue weighted by molar-refractivity contribution is -0.0183. The minimum absolute atomic E-state index is 0.142. The summed E-state index contributed by atoms with van der Waals surface area (Å²) in [6.45, 7) is 12.2. The first-order chi connectivity index (χ1) is 7.72. The lowest BCUT2D eigenvalue weighted by atomic mass is 9.63. The molecular formula is C15H24O2. The Kier molecular flexibility index (Phi) is 2.79. The second-order valence-electron chi connectivity index (χ2n) is 6.52. The quantitative estimate of drug-likeness (QED) is 0.763. The highest BCUT2D eigenvalue weighted by molar-refractivity contribution is 5.23. The summed E-state index contributed by atoms with van der Waals surface area (Å²) in [4.78, 5) is 0. The third kappa shape index (κ3) is 1.88. The Balaban J connectivity index is 2.31. The molecule has 2 heterocycles. The van der Waals surface area contributed by atoms with Crippen LogP contribution >= 0.6 is 0 Å². The van der Waals surface area contributed by atoms with Crippen molar-refractivity contribution in [3.05, 3.63) is 24.8 Å². The summed E-state index contributed by atoms with van der Waals surface area (Å²) in [5.74, 6) is 0.508. The highest BCUT2D eigenvalue weighted by Gasteiger charge is 2.60. The Morgan fingerprint density at radius 3 is 2.59 bits per heavy atom. The zero-order valence-corrected chi connectivity index (χ0v) is 11.4. The molecule has 4 atom stereocenters. The number of aliphatic hydroxyl groups is 1. The van der Waals surface area contributed by atoms with Crippen LogP contribution in [0.5, 0.6) is 0 Å². The molecule has 0 aliphatic carbocycles. The van der Waals surface area contributed by atoms with Gasteiger partial charge in [0.1, 0.15) is 0 Å². The van der Waals surface area contributed by atoms with Crippen molar-refractivity contribution in [3.8, 4) is 0 Å². The maximum atomic E-state index is 10.0. The van der Waals surface area contributed by atoms with Gasteiger partial charge >= 0.3 is 0 Å². The van der Waals surface area contributed by atoms with Gasteiger partial charge in [0.05, 0.1) is 17.3 Å². The Morgan fingerprint density at radius 1 is 1.47 bits per heavy atom. The Hall–Kier alpha value is -0.600. The fourth-order valence-electron chi connectivity index (χ4n) is 3.48. The normalized spacial score (nSPS) is 42.9. The zero-order chi connectivity index (χ0) is 12.9. The molecule has 96 valence electrons. The number of fused-ring (bicyclic) bond motifs is 2. The molecule has 0 aromatic rings. The first-order valence-electron chi connectivity index (χ1n) is 6.47. The molecule has 2 aliphatic heterocycles. The number of hydrogen-bond acceptors (Lipinski definition) is 2. The molecule has 2 rings (SSSR count). The number of hydrogen-bond donors (Lipinski definition) is 1. The predicted molar refractivity (Wildman–Crippen MR) is 69.7 cm³/mol. The number of ether oxygens (including phenoxy) is 1. The summed E-state index contributed by atoms with van der Waals surface area (Å²) in [6, 6.07) is 0. The van der Waals surface area contributed by atoms with Gasteiger partial charge in [-0.3, -0.25) is 0 Å². The molecule has 2 heteroatoms. The van der Waals surface area contributed by atoms with E-state index in [-0.39, 0.29) is 11.0 Å². The lowest BCUT2D eigenvalue weighted by Gasteiger charge is -2.41. The van der Waals surface area contributed by atoms with E-state index in [2.05, 4.69) is 33.4 Å². The maximum Gasteiger partial charge on any atom is 0.0978 e. The molecular weight excluding hydrogens is 212 g/mol. The van der Waals surface area contributed by atoms with E-state index >= 15 is 0 Å². The van der Waals surface area contributed by atoms with Gasteiger partial charge in [-0.25, -0.2) is 0 Å². The predicted octanol–water partition coefficient (Wildman–Crippen LogP) is 3.07. The average molecular weight is 236 g/mol. The van der Waals surface area contributed by atoms with Gasteiger partial charge in [0, 0.05) is 5.41 Å². The van der Waals surface area contributed by atoms with Gasteiger partial charge in [0.25, 0.3) is 0 Å². The van der Waals surface area contributed by atoms with Crippen molar-refractivity contribution in [3.63, 3.8) is 0 Å². The Labute approximate surface area is 104 Å². The van der Waals surface area contributed by atoms with Crippen LogP contribution in [0.1, 0.15) is 40.5 Å². The summed E-state index contributed by atoms with van der Waals surface area (Å²) < 4.78 is 6.20. The van der Waals surface area contributed by atoms with Gasteiger partial charge in [0.15, 0.2) is 0 Å². The minimum atomic E-state index is -0.950. The van der Waals surface area contributed by atoms with E-state index in [4.69, 9.17) is 4.74 Å². The Bertz CT molecular complexity index is 354. The lowest BCUT2D eigenvalue weighted by Crippen LogP contribution is -2.45. The third-order valence-corrected chi connectivity index (χ3v) is 4.59. The molecule has 0 saturated carbocycles. The van der Waals surface area contributed by atoms with Crippen LogP contribution in [0.3, 0.4) is 0 Å². The van der Waals surface area contributed by atoms with Gasteiger partial charge in [-0.15, -0.1) is 0 Å². The zero-order valence-electron chi connectivity index (χ0n) is 11.4. The fraction of sp³-hybridized carbons (Fsp3) is 0.733. The van der Waals surface area contributed by atoms with Crippen molar-refractivity contribution in [1.82, 2.24) is 0 Å². The summed E-state index contributed by atoms with van der Waals surface area (Å²) >= 11 is 0. The molecule has 2 saturated heterocycles. The molecule has 0 spiro atoms. The molecule has 2 nitrogen and oxygen atoms in total. The van der Waals surface area contributed by atoms with Gasteiger partial charge in [0.2, 0.25) is 0 Å². The topological polar surface area (TPSA) is 29.5 Å². The SMILES string of the molecule is C=CC(C)(O)/C=C/C12O[C@H](C[C@H]1C)CC2(C)C. The molecule has 0 aromatic carbocycles. The Morgan fingerprint density at radius 2 is 2.12 bits per heavy atom. The third-order valence-electron chi connectivity index (χ3n) is 4.59. The van der Waals surface area contributed by atoms with E-state index < -0.39 is 5.60 Å². The van der Waals surface area contributed by atoms with E-state index in [0.717, 1.165) is 12.8 Å². The summed E-state index contributed by atoms with van der Waals surface area (Å²) in [7, 11) is 0. The fourth-order valence-corrected chi connectivity index (χ4v) is 3.48. The van der Waals surface area contributed by atoms with Gasteiger partial charge in [-0.1, -0.05) is 45.6 Å². The minimum Gasteiger partial charge on any atom is -0.382 e. The maximum absolute atomic E-state index is 10.0. The van der Waals surface area contributed by atoms with Gasteiger partial charge < -0.3 is 9.84 Å². The van der Waals surface area contributed by atoms with E-state index in [9.17, 15) is 5.11 Å². The van der Waals surface area contributed by atoms with Crippen molar-refractivity contribution in [1.29, 1.82) is 0 Å². The highest BCUT2D eigenvalue weighted by atomic mass is 16.5. The van der Waals surface area contributed by atoms with Crippen LogP contribution in [0.4, 0.5) is 0 Å². The summed E-state index contributed by atoms with van der Waals surface area (Å²) in [5, 5.41) is 10.0. The molecule has 2 aliphatic rings. The van der Waals surface area contributed by atoms with E-state index in [1.165, 1.54) is 0 Å². The highest BCUT2D eigenvalue weighted by Crippen LogP contribution is 2.58. The van der Waals surface area contributed by atoms with E-state index in [1.54, 1.807) is 13.0 Å². The number of rotatable bonds is 3. The second kappa shape index (κ2) is 3.69. The van der Waals surface area contributed by atoms with E-state index in [1.807, 2.05) is 6.08 Å². The molecule has 2 bridgehead atoms. The van der Waals surface area contributed by atoms with Gasteiger partial charge in [-0.2, -0.15) is 0 Å². The summed E-state index contributed by atoms with van der Waals surface area (Å²) in [5.41, 5.74) is -1.03. The van der Waals surface area contributed by atoms with Crippen molar-refractivity contribution < 1.29 is 9.84 Å². The standard InChI is InChI=1S/C15H24O2/c1-6-14(5,16)7-8-15-11(2)9-12(17-15)10-13(15,3)4/h6-8,11-12,16H,1,9-10H2,2-5H3/b8-7+/t11-,12-,14?,15?/m1/s1. The van der Waals surface area contributed by atoms with Crippen LogP contribution in [0.15, 0.2) is 24.8 Å². The molecule has 2 unspecified atom stereocenters. The van der Waals surface area contributed by atoms with Crippen molar-refractivity contribution in [2.45, 2.75) is 57.8 Å². The van der Waals surface area contributed by atoms with Crippen LogP contribution in [0.25, 0.3) is 0 Å². The molecule has 1 N–H and O–H groups in total. The van der Waals surface area contributed by atoms with Crippen LogP contribution < -0.4 is 0 Å². The van der Waals surface area contributed by atoms with Crippen LogP contribution in [0.2, 0.25) is 0 Å². The van der Waals surface area contributed by atoms with Crippen molar-refractivity contribution >= 4 is 0 Å². The van der Waals surface area contributed by atoms with Crippen molar-refractivity contribution in [2.75, 3.05) is 0 Å². The second-order valence-corrected chi connectivity index (χ2v) is 6.52. The molecule has 17 heavy (non-hydrogen) atoms. The van der Waals surface area contributed by atoms with Gasteiger partial charge in [-0.05, 0) is 25.7 Å². The monoisotopic (exact) mass is 236 g/mol. The largest absolute Gasteiger partial charge is 0.382 e. The van der Waals surface area contributed by atoms with Crippen LogP contribution in [-0.2, 0) is 4.74 Å². The van der Waals surface area contributed by atoms with Crippen LogP contribution in [-0.4, -0.2) is 22.4 Å². The summed E-state index contributed by atoms with van der Waals surface area (Å²) in [6.07, 6.45) is 8.08. The molecule has 0 radical (unpaired) electrons.